The van der Waals surface area contributed by atoms with E-state index in [1.54, 1.807) is 0 Å². The number of hydrogen-bond donors (Lipinski definition) is 1. The highest BCUT2D eigenvalue weighted by atomic mass is 32.1. The van der Waals surface area contributed by atoms with Crippen LogP contribution in [0.15, 0.2) is 36.4 Å². The van der Waals surface area contributed by atoms with Crippen LogP contribution >= 0.6 is 12.2 Å². The molecule has 0 atom stereocenters. The number of nitrogens with zero attached hydrogens (tertiary/aromatic N) is 1. The summed E-state index contributed by atoms with van der Waals surface area (Å²) < 4.78 is 5.54. The Morgan fingerprint density at radius 2 is 2.06 bits per heavy atom. The Kier molecular flexibility index (Phi) is 3.98. The van der Waals surface area contributed by atoms with Crippen molar-refractivity contribution >= 4 is 23.0 Å². The van der Waals surface area contributed by atoms with E-state index in [0.29, 0.717) is 6.61 Å². The van der Waals surface area contributed by atoms with Crippen LogP contribution in [0.1, 0.15) is 6.92 Å². The summed E-state index contributed by atoms with van der Waals surface area (Å²) >= 11 is 5.36. The SMILES string of the molecule is CCOc1ccccc1NC(=S)N1CC=CC1. The molecule has 1 heterocycles. The first-order chi connectivity index (χ1) is 8.31. The summed E-state index contributed by atoms with van der Waals surface area (Å²) in [6, 6.07) is 7.84. The van der Waals surface area contributed by atoms with Crippen molar-refractivity contribution in [1.29, 1.82) is 0 Å². The van der Waals surface area contributed by atoms with Gasteiger partial charge in [-0.05, 0) is 31.3 Å². The largest absolute Gasteiger partial charge is 0.492 e. The van der Waals surface area contributed by atoms with Crippen molar-refractivity contribution in [3.8, 4) is 5.75 Å². The second-order valence-corrected chi connectivity index (χ2v) is 4.12. The van der Waals surface area contributed by atoms with Crippen LogP contribution < -0.4 is 10.1 Å². The zero-order valence-electron chi connectivity index (χ0n) is 9.85. The molecule has 0 saturated heterocycles. The van der Waals surface area contributed by atoms with E-state index in [9.17, 15) is 0 Å². The van der Waals surface area contributed by atoms with Crippen molar-refractivity contribution in [2.45, 2.75) is 6.92 Å². The van der Waals surface area contributed by atoms with E-state index in [-0.39, 0.29) is 0 Å². The number of rotatable bonds is 3. The lowest BCUT2D eigenvalue weighted by Gasteiger charge is -2.20. The molecule has 0 bridgehead atoms. The molecule has 3 nitrogen and oxygen atoms in total. The Balaban J connectivity index is 2.04. The zero-order chi connectivity index (χ0) is 12.1. The first-order valence-corrected chi connectivity index (χ1v) is 6.15. The quantitative estimate of drug-likeness (QED) is 0.656. The fourth-order valence-corrected chi connectivity index (χ4v) is 1.95. The van der Waals surface area contributed by atoms with Crippen LogP contribution in [0.4, 0.5) is 5.69 Å². The summed E-state index contributed by atoms with van der Waals surface area (Å²) in [6.07, 6.45) is 4.23. The molecule has 4 heteroatoms. The first kappa shape index (κ1) is 11.9. The minimum atomic E-state index is 0.650. The molecule has 90 valence electrons. The van der Waals surface area contributed by atoms with E-state index in [1.165, 1.54) is 0 Å². The van der Waals surface area contributed by atoms with E-state index in [0.717, 1.165) is 29.6 Å². The molecule has 0 saturated carbocycles. The van der Waals surface area contributed by atoms with Crippen LogP contribution in [-0.4, -0.2) is 29.7 Å². The Morgan fingerprint density at radius 1 is 1.35 bits per heavy atom. The summed E-state index contributed by atoms with van der Waals surface area (Å²) in [6.45, 7) is 4.38. The number of anilines is 1. The summed E-state index contributed by atoms with van der Waals surface area (Å²) in [7, 11) is 0. The van der Waals surface area contributed by atoms with Crippen LogP contribution in [0.25, 0.3) is 0 Å². The predicted molar refractivity (Wildman–Crippen MR) is 74.5 cm³/mol. The second kappa shape index (κ2) is 5.68. The van der Waals surface area contributed by atoms with Gasteiger partial charge in [0, 0.05) is 13.1 Å². The Labute approximate surface area is 107 Å². The van der Waals surface area contributed by atoms with Gasteiger partial charge in [-0.2, -0.15) is 0 Å². The van der Waals surface area contributed by atoms with Crippen LogP contribution in [0.3, 0.4) is 0 Å². The average molecular weight is 248 g/mol. The van der Waals surface area contributed by atoms with Crippen molar-refractivity contribution < 1.29 is 4.74 Å². The molecule has 1 aromatic rings. The molecule has 0 fully saturated rings. The highest BCUT2D eigenvalue weighted by Crippen LogP contribution is 2.24. The van der Waals surface area contributed by atoms with Gasteiger partial charge in [-0.1, -0.05) is 24.3 Å². The van der Waals surface area contributed by atoms with Crippen LogP contribution in [0, 0.1) is 0 Å². The monoisotopic (exact) mass is 248 g/mol. The van der Waals surface area contributed by atoms with Crippen molar-refractivity contribution in [2.24, 2.45) is 0 Å². The molecule has 0 aliphatic carbocycles. The molecule has 0 amide bonds. The van der Waals surface area contributed by atoms with Crippen molar-refractivity contribution in [1.82, 2.24) is 4.90 Å². The number of ether oxygens (including phenoxy) is 1. The van der Waals surface area contributed by atoms with Gasteiger partial charge in [0.25, 0.3) is 0 Å². The Bertz CT molecular complexity index is 423. The zero-order valence-corrected chi connectivity index (χ0v) is 10.7. The van der Waals surface area contributed by atoms with Gasteiger partial charge in [0.15, 0.2) is 5.11 Å². The molecule has 0 spiro atoms. The number of nitrogens with one attached hydrogen (secondary N) is 1. The average Bonchev–Trinajstić information content (AvgIpc) is 2.85. The highest BCUT2D eigenvalue weighted by molar-refractivity contribution is 7.80. The third-order valence-corrected chi connectivity index (χ3v) is 2.89. The summed E-state index contributed by atoms with van der Waals surface area (Å²) in [5, 5.41) is 3.97. The third-order valence-electron chi connectivity index (χ3n) is 2.53. The normalized spacial score (nSPS) is 13.8. The van der Waals surface area contributed by atoms with E-state index in [2.05, 4.69) is 22.4 Å². The molecular formula is C13H16N2OS. The summed E-state index contributed by atoms with van der Waals surface area (Å²) in [5.41, 5.74) is 0.922. The fraction of sp³-hybridized carbons (Fsp3) is 0.308. The smallest absolute Gasteiger partial charge is 0.174 e. The van der Waals surface area contributed by atoms with Gasteiger partial charge < -0.3 is 15.0 Å². The summed E-state index contributed by atoms with van der Waals surface area (Å²) in [5.74, 6) is 0.838. The molecule has 17 heavy (non-hydrogen) atoms. The molecule has 0 aromatic heterocycles. The van der Waals surface area contributed by atoms with Crippen molar-refractivity contribution in [3.05, 3.63) is 36.4 Å². The van der Waals surface area contributed by atoms with Crippen molar-refractivity contribution in [3.63, 3.8) is 0 Å². The maximum absolute atomic E-state index is 5.54. The van der Waals surface area contributed by atoms with Gasteiger partial charge in [-0.3, -0.25) is 0 Å². The first-order valence-electron chi connectivity index (χ1n) is 5.74. The second-order valence-electron chi connectivity index (χ2n) is 3.74. The van der Waals surface area contributed by atoms with Crippen LogP contribution in [0.5, 0.6) is 5.75 Å². The number of hydrogen-bond acceptors (Lipinski definition) is 2. The van der Waals surface area contributed by atoms with Crippen molar-refractivity contribution in [2.75, 3.05) is 25.0 Å². The van der Waals surface area contributed by atoms with Crippen LogP contribution in [-0.2, 0) is 0 Å². The molecule has 1 aliphatic heterocycles. The Morgan fingerprint density at radius 3 is 2.76 bits per heavy atom. The third kappa shape index (κ3) is 2.97. The van der Waals surface area contributed by atoms with E-state index in [1.807, 2.05) is 31.2 Å². The minimum absolute atomic E-state index is 0.650. The molecule has 2 rings (SSSR count). The maximum atomic E-state index is 5.54. The lowest BCUT2D eigenvalue weighted by molar-refractivity contribution is 0.342. The molecule has 0 unspecified atom stereocenters. The summed E-state index contributed by atoms with van der Waals surface area (Å²) in [4.78, 5) is 2.10. The topological polar surface area (TPSA) is 24.5 Å². The number of para-hydroxylation sites is 2. The Hall–Kier alpha value is -1.55. The van der Waals surface area contributed by atoms with E-state index in [4.69, 9.17) is 17.0 Å². The molecule has 1 N–H and O–H groups in total. The van der Waals surface area contributed by atoms with Gasteiger partial charge in [0.2, 0.25) is 0 Å². The number of benzene rings is 1. The van der Waals surface area contributed by atoms with E-state index >= 15 is 0 Å². The molecular weight excluding hydrogens is 232 g/mol. The fourth-order valence-electron chi connectivity index (χ4n) is 1.69. The molecule has 1 aromatic carbocycles. The standard InChI is InChI=1S/C13H16N2OS/c1-2-16-12-8-4-3-7-11(12)14-13(17)15-9-5-6-10-15/h3-8H,2,9-10H2,1H3,(H,14,17). The van der Waals surface area contributed by atoms with E-state index < -0.39 is 0 Å². The van der Waals surface area contributed by atoms with Gasteiger partial charge in [-0.25, -0.2) is 0 Å². The maximum Gasteiger partial charge on any atom is 0.174 e. The lowest BCUT2D eigenvalue weighted by Crippen LogP contribution is -2.32. The predicted octanol–water partition coefficient (Wildman–Crippen LogP) is 2.65. The molecule has 1 aliphatic rings. The highest BCUT2D eigenvalue weighted by Gasteiger charge is 2.12. The van der Waals surface area contributed by atoms with Gasteiger partial charge in [0.05, 0.1) is 12.3 Å². The van der Waals surface area contributed by atoms with Gasteiger partial charge in [-0.15, -0.1) is 0 Å². The number of thiocarbonyl (C=S) groups is 1. The lowest BCUT2D eigenvalue weighted by atomic mass is 10.3. The minimum Gasteiger partial charge on any atom is -0.492 e. The van der Waals surface area contributed by atoms with Crippen LogP contribution in [0.2, 0.25) is 0 Å². The molecule has 0 radical (unpaired) electrons. The van der Waals surface area contributed by atoms with Gasteiger partial charge >= 0.3 is 0 Å². The van der Waals surface area contributed by atoms with Gasteiger partial charge in [0.1, 0.15) is 5.75 Å².